The zero-order valence-corrected chi connectivity index (χ0v) is 18.5. The maximum atomic E-state index is 12.8. The van der Waals surface area contributed by atoms with Gasteiger partial charge in [-0.2, -0.15) is 0 Å². The van der Waals surface area contributed by atoms with E-state index < -0.39 is 11.2 Å². The number of carbonyl (C=O) groups is 1. The van der Waals surface area contributed by atoms with Crippen LogP contribution in [0.5, 0.6) is 0 Å². The lowest BCUT2D eigenvalue weighted by molar-refractivity contribution is -0.118. The van der Waals surface area contributed by atoms with E-state index in [0.717, 1.165) is 38.6 Å². The summed E-state index contributed by atoms with van der Waals surface area (Å²) in [6, 6.07) is 0. The first-order chi connectivity index (χ1) is 14.0. The summed E-state index contributed by atoms with van der Waals surface area (Å²) in [5, 5.41) is 0. The lowest BCUT2D eigenvalue weighted by Gasteiger charge is -2.20. The minimum absolute atomic E-state index is 0.0151. The van der Waals surface area contributed by atoms with Gasteiger partial charge in [-0.25, -0.2) is 4.79 Å². The van der Waals surface area contributed by atoms with Gasteiger partial charge >= 0.3 is 5.69 Å². The number of aromatic nitrogens is 2. The zero-order valence-electron chi connectivity index (χ0n) is 18.5. The van der Waals surface area contributed by atoms with Crippen LogP contribution in [0.3, 0.4) is 0 Å². The molecule has 164 valence electrons. The molecule has 1 amide bonds. The molecule has 0 saturated carbocycles. The first-order valence-corrected chi connectivity index (χ1v) is 11.4. The highest BCUT2D eigenvalue weighted by atomic mass is 16.2. The number of amides is 1. The van der Waals surface area contributed by atoms with Gasteiger partial charge in [-0.3, -0.25) is 24.0 Å². The molecule has 1 aromatic heterocycles. The highest BCUT2D eigenvalue weighted by Gasteiger charge is 2.34. The van der Waals surface area contributed by atoms with Crippen molar-refractivity contribution in [3.8, 4) is 0 Å². The van der Waals surface area contributed by atoms with Gasteiger partial charge in [0.05, 0.1) is 6.67 Å². The van der Waals surface area contributed by atoms with Gasteiger partial charge in [0.25, 0.3) is 5.56 Å². The Kier molecular flexibility index (Phi) is 9.48. The van der Waals surface area contributed by atoms with Crippen LogP contribution in [-0.2, 0) is 11.8 Å². The summed E-state index contributed by atoms with van der Waals surface area (Å²) in [6.45, 7) is 5.41. The fourth-order valence-electron chi connectivity index (χ4n) is 3.98. The Morgan fingerprint density at radius 2 is 1.48 bits per heavy atom. The zero-order chi connectivity index (χ0) is 21.2. The summed E-state index contributed by atoms with van der Waals surface area (Å²) in [4.78, 5) is 43.3. The molecular formula is C22H38N4O3. The second-order valence-electron chi connectivity index (χ2n) is 8.15. The molecule has 0 aromatic carbocycles. The molecule has 0 atom stereocenters. The first kappa shape index (κ1) is 23.2. The average molecular weight is 407 g/mol. The van der Waals surface area contributed by atoms with E-state index in [9.17, 15) is 14.4 Å². The van der Waals surface area contributed by atoms with Crippen LogP contribution < -0.4 is 21.0 Å². The van der Waals surface area contributed by atoms with Crippen LogP contribution in [0.2, 0.25) is 0 Å². The van der Waals surface area contributed by atoms with Gasteiger partial charge in [-0.15, -0.1) is 0 Å². The molecule has 2 heterocycles. The third-order valence-corrected chi connectivity index (χ3v) is 5.73. The SMILES string of the molecule is CCCCCCCCCCN1CN(C(=O)CCCCC)c2c1c(=O)[nH]c(=O)n2C. The molecule has 0 aliphatic carbocycles. The van der Waals surface area contributed by atoms with Crippen molar-refractivity contribution in [2.45, 2.75) is 90.9 Å². The molecule has 1 aliphatic rings. The number of nitrogens with zero attached hydrogens (tertiary/aromatic N) is 3. The lowest BCUT2D eigenvalue weighted by atomic mass is 10.1. The van der Waals surface area contributed by atoms with E-state index in [2.05, 4.69) is 18.8 Å². The van der Waals surface area contributed by atoms with Crippen molar-refractivity contribution >= 4 is 17.4 Å². The van der Waals surface area contributed by atoms with Gasteiger partial charge in [0.1, 0.15) is 5.69 Å². The molecule has 1 aliphatic heterocycles. The Morgan fingerprint density at radius 1 is 0.897 bits per heavy atom. The largest absolute Gasteiger partial charge is 0.346 e. The number of rotatable bonds is 13. The van der Waals surface area contributed by atoms with E-state index >= 15 is 0 Å². The summed E-state index contributed by atoms with van der Waals surface area (Å²) in [5.74, 6) is 0.429. The topological polar surface area (TPSA) is 78.4 Å². The number of nitrogens with one attached hydrogen (secondary N) is 1. The predicted molar refractivity (Wildman–Crippen MR) is 119 cm³/mol. The molecule has 1 N–H and O–H groups in total. The molecule has 0 bridgehead atoms. The molecule has 1 aromatic rings. The fraction of sp³-hybridized carbons (Fsp3) is 0.773. The monoisotopic (exact) mass is 406 g/mol. The van der Waals surface area contributed by atoms with E-state index in [1.807, 2.05) is 4.90 Å². The van der Waals surface area contributed by atoms with Crippen molar-refractivity contribution in [2.24, 2.45) is 7.05 Å². The van der Waals surface area contributed by atoms with Gasteiger partial charge in [0.15, 0.2) is 5.82 Å². The standard InChI is InChI=1S/C22H38N4O3/c1-4-6-8-9-10-11-12-14-16-25-17-26(18(27)15-13-7-5-2)21-19(25)20(28)23-22(29)24(21)3/h4-17H2,1-3H3,(H,23,28,29). The van der Waals surface area contributed by atoms with Crippen molar-refractivity contribution in [1.82, 2.24) is 9.55 Å². The quantitative estimate of drug-likeness (QED) is 0.504. The van der Waals surface area contributed by atoms with Crippen LogP contribution in [0.1, 0.15) is 90.9 Å². The summed E-state index contributed by atoms with van der Waals surface area (Å²) >= 11 is 0. The Balaban J connectivity index is 2.01. The molecule has 0 radical (unpaired) electrons. The second-order valence-corrected chi connectivity index (χ2v) is 8.15. The minimum atomic E-state index is -0.478. The second kappa shape index (κ2) is 11.8. The summed E-state index contributed by atoms with van der Waals surface area (Å²) in [7, 11) is 1.61. The minimum Gasteiger partial charge on any atom is -0.346 e. The average Bonchev–Trinajstić information content (AvgIpc) is 3.08. The highest BCUT2D eigenvalue weighted by molar-refractivity contribution is 5.98. The molecule has 0 fully saturated rings. The predicted octanol–water partition coefficient (Wildman–Crippen LogP) is 3.91. The first-order valence-electron chi connectivity index (χ1n) is 11.4. The van der Waals surface area contributed by atoms with Crippen LogP contribution in [-0.4, -0.2) is 28.7 Å². The van der Waals surface area contributed by atoms with Crippen molar-refractivity contribution in [3.05, 3.63) is 20.8 Å². The number of carbonyl (C=O) groups excluding carboxylic acids is 1. The van der Waals surface area contributed by atoms with Crippen molar-refractivity contribution in [1.29, 1.82) is 0 Å². The van der Waals surface area contributed by atoms with E-state index in [1.54, 1.807) is 11.9 Å². The summed E-state index contributed by atoms with van der Waals surface area (Å²) < 4.78 is 1.39. The van der Waals surface area contributed by atoms with Crippen molar-refractivity contribution < 1.29 is 4.79 Å². The fourth-order valence-corrected chi connectivity index (χ4v) is 3.98. The molecule has 0 spiro atoms. The Morgan fingerprint density at radius 3 is 2.14 bits per heavy atom. The van der Waals surface area contributed by atoms with Crippen LogP contribution in [0.15, 0.2) is 9.59 Å². The summed E-state index contributed by atoms with van der Waals surface area (Å²) in [6.07, 6.45) is 13.1. The lowest BCUT2D eigenvalue weighted by Crippen LogP contribution is -2.37. The number of anilines is 2. The number of fused-ring (bicyclic) bond motifs is 1. The molecule has 0 saturated heterocycles. The highest BCUT2D eigenvalue weighted by Crippen LogP contribution is 2.32. The van der Waals surface area contributed by atoms with Crippen LogP contribution in [0.25, 0.3) is 0 Å². The third-order valence-electron chi connectivity index (χ3n) is 5.73. The van der Waals surface area contributed by atoms with Crippen LogP contribution in [0, 0.1) is 0 Å². The maximum absolute atomic E-state index is 12.8. The van der Waals surface area contributed by atoms with Gasteiger partial charge in [-0.05, 0) is 12.8 Å². The maximum Gasteiger partial charge on any atom is 0.329 e. The van der Waals surface area contributed by atoms with Gasteiger partial charge < -0.3 is 4.90 Å². The number of hydrogen-bond donors (Lipinski definition) is 1. The van der Waals surface area contributed by atoms with Crippen molar-refractivity contribution in [2.75, 3.05) is 23.0 Å². The van der Waals surface area contributed by atoms with E-state index in [-0.39, 0.29) is 5.91 Å². The molecule has 7 heteroatoms. The van der Waals surface area contributed by atoms with Gasteiger partial charge in [0, 0.05) is 20.0 Å². The normalized spacial score (nSPS) is 13.2. The Hall–Kier alpha value is -2.05. The van der Waals surface area contributed by atoms with E-state index in [0.29, 0.717) is 24.6 Å². The molecule has 29 heavy (non-hydrogen) atoms. The smallest absolute Gasteiger partial charge is 0.329 e. The number of aromatic amines is 1. The number of unbranched alkanes of at least 4 members (excludes halogenated alkanes) is 9. The van der Waals surface area contributed by atoms with Gasteiger partial charge in [0.2, 0.25) is 5.91 Å². The van der Waals surface area contributed by atoms with Crippen LogP contribution in [0.4, 0.5) is 11.5 Å². The molecular weight excluding hydrogens is 368 g/mol. The molecule has 2 rings (SSSR count). The van der Waals surface area contributed by atoms with Gasteiger partial charge in [-0.1, -0.05) is 71.6 Å². The van der Waals surface area contributed by atoms with Crippen LogP contribution >= 0.6 is 0 Å². The van der Waals surface area contributed by atoms with Crippen molar-refractivity contribution in [3.63, 3.8) is 0 Å². The molecule has 0 unspecified atom stereocenters. The Bertz CT molecular complexity index is 768. The van der Waals surface area contributed by atoms with E-state index in [1.165, 1.54) is 43.1 Å². The number of H-pyrrole nitrogens is 1. The number of hydrogen-bond acceptors (Lipinski definition) is 4. The molecule has 7 nitrogen and oxygen atoms in total. The van der Waals surface area contributed by atoms with E-state index in [4.69, 9.17) is 0 Å². The summed E-state index contributed by atoms with van der Waals surface area (Å²) in [5.41, 5.74) is -0.417. The Labute approximate surface area is 174 Å². The third kappa shape index (κ3) is 6.21.